The van der Waals surface area contributed by atoms with Gasteiger partial charge < -0.3 is 10.8 Å². The molecular formula is C16H25ClN2O. The fourth-order valence-electron chi connectivity index (χ4n) is 3.07. The van der Waals surface area contributed by atoms with Gasteiger partial charge in [0.05, 0.1) is 5.60 Å². The predicted molar refractivity (Wildman–Crippen MR) is 83.9 cm³/mol. The Bertz CT molecular complexity index is 431. The van der Waals surface area contributed by atoms with Gasteiger partial charge in [-0.2, -0.15) is 0 Å². The highest BCUT2D eigenvalue weighted by molar-refractivity contribution is 6.30. The van der Waals surface area contributed by atoms with Crippen molar-refractivity contribution in [3.05, 3.63) is 34.9 Å². The normalized spacial score (nSPS) is 27.9. The van der Waals surface area contributed by atoms with Gasteiger partial charge in [0.1, 0.15) is 0 Å². The van der Waals surface area contributed by atoms with E-state index in [1.54, 1.807) is 0 Å². The van der Waals surface area contributed by atoms with E-state index in [0.717, 1.165) is 37.4 Å². The Balaban J connectivity index is 2.18. The molecule has 0 aromatic heterocycles. The maximum absolute atomic E-state index is 10.2. The second kappa shape index (κ2) is 6.44. The summed E-state index contributed by atoms with van der Waals surface area (Å²) in [6, 6.07) is 8.17. The highest BCUT2D eigenvalue weighted by Crippen LogP contribution is 2.30. The van der Waals surface area contributed by atoms with E-state index in [2.05, 4.69) is 17.0 Å². The van der Waals surface area contributed by atoms with Crippen LogP contribution >= 0.6 is 11.6 Å². The van der Waals surface area contributed by atoms with Crippen molar-refractivity contribution in [2.45, 2.75) is 50.8 Å². The Kier molecular flexibility index (Phi) is 5.08. The molecular weight excluding hydrogens is 272 g/mol. The topological polar surface area (TPSA) is 49.5 Å². The molecule has 1 heterocycles. The molecule has 1 aliphatic heterocycles. The van der Waals surface area contributed by atoms with Gasteiger partial charge in [-0.3, -0.25) is 4.90 Å². The van der Waals surface area contributed by atoms with Crippen LogP contribution in [0.4, 0.5) is 0 Å². The summed E-state index contributed by atoms with van der Waals surface area (Å²) in [5, 5.41) is 11.0. The molecule has 3 unspecified atom stereocenters. The quantitative estimate of drug-likeness (QED) is 0.901. The van der Waals surface area contributed by atoms with Gasteiger partial charge in [0.2, 0.25) is 0 Å². The van der Waals surface area contributed by atoms with Gasteiger partial charge in [-0.25, -0.2) is 0 Å². The molecule has 0 aliphatic carbocycles. The van der Waals surface area contributed by atoms with Crippen LogP contribution in [0.5, 0.6) is 0 Å². The lowest BCUT2D eigenvalue weighted by atomic mass is 9.97. The fourth-order valence-corrected chi connectivity index (χ4v) is 3.20. The Morgan fingerprint density at radius 2 is 1.90 bits per heavy atom. The van der Waals surface area contributed by atoms with Crippen molar-refractivity contribution in [3.63, 3.8) is 0 Å². The summed E-state index contributed by atoms with van der Waals surface area (Å²) < 4.78 is 0. The lowest BCUT2D eigenvalue weighted by Crippen LogP contribution is -2.40. The van der Waals surface area contributed by atoms with Crippen LogP contribution in [-0.2, 0) is 0 Å². The van der Waals surface area contributed by atoms with E-state index < -0.39 is 5.60 Å². The smallest absolute Gasteiger partial charge is 0.0632 e. The summed E-state index contributed by atoms with van der Waals surface area (Å²) in [4.78, 5) is 2.40. The third kappa shape index (κ3) is 3.95. The number of nitrogens with two attached hydrogens (primary N) is 1. The van der Waals surface area contributed by atoms with E-state index in [4.69, 9.17) is 17.3 Å². The Hall–Kier alpha value is -0.610. The van der Waals surface area contributed by atoms with E-state index in [0.29, 0.717) is 0 Å². The zero-order valence-electron chi connectivity index (χ0n) is 12.3. The molecule has 1 aliphatic rings. The molecule has 1 saturated heterocycles. The number of likely N-dealkylation sites (tertiary alicyclic amines) is 1. The first kappa shape index (κ1) is 15.8. The number of nitrogens with zero attached hydrogens (tertiary/aromatic N) is 1. The van der Waals surface area contributed by atoms with Gasteiger partial charge in [0.25, 0.3) is 0 Å². The van der Waals surface area contributed by atoms with Crippen molar-refractivity contribution in [1.29, 1.82) is 0 Å². The van der Waals surface area contributed by atoms with E-state index in [9.17, 15) is 5.11 Å². The van der Waals surface area contributed by atoms with E-state index >= 15 is 0 Å². The van der Waals surface area contributed by atoms with Gasteiger partial charge in [-0.05, 0) is 57.4 Å². The van der Waals surface area contributed by atoms with Crippen LogP contribution in [0.1, 0.15) is 44.7 Å². The molecule has 0 spiro atoms. The number of aliphatic hydroxyl groups is 1. The molecule has 3 nitrogen and oxygen atoms in total. The molecule has 1 aromatic carbocycles. The maximum Gasteiger partial charge on any atom is 0.0632 e. The highest BCUT2D eigenvalue weighted by Gasteiger charge is 2.30. The third-order valence-corrected chi connectivity index (χ3v) is 4.45. The lowest BCUT2D eigenvalue weighted by molar-refractivity contribution is 0.0424. The Morgan fingerprint density at radius 3 is 2.50 bits per heavy atom. The SMILES string of the molecule is CC(N)C(c1ccc(Cl)cc1)N1CCCC(C)(O)CC1. The minimum absolute atomic E-state index is 0.0409. The van der Waals surface area contributed by atoms with Crippen molar-refractivity contribution >= 4 is 11.6 Å². The van der Waals surface area contributed by atoms with E-state index in [-0.39, 0.29) is 12.1 Å². The molecule has 1 aromatic rings. The van der Waals surface area contributed by atoms with Crippen LogP contribution in [0.15, 0.2) is 24.3 Å². The van der Waals surface area contributed by atoms with Crippen LogP contribution in [0, 0.1) is 0 Å². The number of rotatable bonds is 3. The fraction of sp³-hybridized carbons (Fsp3) is 0.625. The van der Waals surface area contributed by atoms with Crippen molar-refractivity contribution < 1.29 is 5.11 Å². The molecule has 2 rings (SSSR count). The van der Waals surface area contributed by atoms with Crippen LogP contribution in [0.2, 0.25) is 5.02 Å². The van der Waals surface area contributed by atoms with Gasteiger partial charge in [-0.15, -0.1) is 0 Å². The minimum Gasteiger partial charge on any atom is -0.390 e. The number of hydrogen-bond acceptors (Lipinski definition) is 3. The largest absolute Gasteiger partial charge is 0.390 e. The predicted octanol–water partition coefficient (Wildman–Crippen LogP) is 2.97. The summed E-state index contributed by atoms with van der Waals surface area (Å²) in [6.45, 7) is 5.83. The molecule has 112 valence electrons. The second-order valence-corrected chi connectivity index (χ2v) is 6.68. The Labute approximate surface area is 126 Å². The monoisotopic (exact) mass is 296 g/mol. The zero-order chi connectivity index (χ0) is 14.8. The summed E-state index contributed by atoms with van der Waals surface area (Å²) in [7, 11) is 0. The standard InChI is InChI=1S/C16H25ClN2O/c1-12(18)15(13-4-6-14(17)7-5-13)19-10-3-8-16(2,20)9-11-19/h4-7,12,15,20H,3,8-11,18H2,1-2H3. The summed E-state index contributed by atoms with van der Waals surface area (Å²) >= 11 is 5.97. The van der Waals surface area contributed by atoms with Gasteiger partial charge >= 0.3 is 0 Å². The van der Waals surface area contributed by atoms with Crippen LogP contribution in [-0.4, -0.2) is 34.7 Å². The average molecular weight is 297 g/mol. The molecule has 3 N–H and O–H groups in total. The molecule has 0 saturated carbocycles. The van der Waals surface area contributed by atoms with Gasteiger partial charge in [0, 0.05) is 23.7 Å². The Morgan fingerprint density at radius 1 is 1.25 bits per heavy atom. The van der Waals surface area contributed by atoms with Crippen LogP contribution in [0.25, 0.3) is 0 Å². The maximum atomic E-state index is 10.2. The zero-order valence-corrected chi connectivity index (χ0v) is 13.1. The van der Waals surface area contributed by atoms with Crippen molar-refractivity contribution in [2.75, 3.05) is 13.1 Å². The second-order valence-electron chi connectivity index (χ2n) is 6.24. The molecule has 4 heteroatoms. The molecule has 0 amide bonds. The van der Waals surface area contributed by atoms with Crippen molar-refractivity contribution in [1.82, 2.24) is 4.90 Å². The number of halogens is 1. The summed E-state index contributed by atoms with van der Waals surface area (Å²) in [5.74, 6) is 0. The summed E-state index contributed by atoms with van der Waals surface area (Å²) in [6.07, 6.45) is 2.66. The van der Waals surface area contributed by atoms with Crippen LogP contribution in [0.3, 0.4) is 0 Å². The first-order chi connectivity index (χ1) is 9.39. The van der Waals surface area contributed by atoms with Crippen molar-refractivity contribution in [3.8, 4) is 0 Å². The first-order valence-electron chi connectivity index (χ1n) is 7.36. The number of hydrogen-bond donors (Lipinski definition) is 2. The minimum atomic E-state index is -0.545. The van der Waals surface area contributed by atoms with Gasteiger partial charge in [0.15, 0.2) is 0 Å². The first-order valence-corrected chi connectivity index (χ1v) is 7.74. The van der Waals surface area contributed by atoms with E-state index in [1.165, 1.54) is 5.56 Å². The molecule has 0 radical (unpaired) electrons. The molecule has 3 atom stereocenters. The molecule has 20 heavy (non-hydrogen) atoms. The van der Waals surface area contributed by atoms with E-state index in [1.807, 2.05) is 26.0 Å². The van der Waals surface area contributed by atoms with Crippen molar-refractivity contribution in [2.24, 2.45) is 5.73 Å². The number of benzene rings is 1. The third-order valence-electron chi connectivity index (χ3n) is 4.20. The van der Waals surface area contributed by atoms with Gasteiger partial charge in [-0.1, -0.05) is 23.7 Å². The summed E-state index contributed by atoms with van der Waals surface area (Å²) in [5.41, 5.74) is 6.87. The lowest BCUT2D eigenvalue weighted by Gasteiger charge is -2.34. The average Bonchev–Trinajstić information content (AvgIpc) is 2.53. The van der Waals surface area contributed by atoms with Crippen LogP contribution < -0.4 is 5.73 Å². The molecule has 0 bridgehead atoms. The highest BCUT2D eigenvalue weighted by atomic mass is 35.5. The molecule has 1 fully saturated rings.